The van der Waals surface area contributed by atoms with E-state index in [9.17, 15) is 9.59 Å². The first-order chi connectivity index (χ1) is 12.2. The zero-order valence-electron chi connectivity index (χ0n) is 16.5. The van der Waals surface area contributed by atoms with Crippen molar-refractivity contribution in [2.24, 2.45) is 16.7 Å². The number of rotatable bonds is 7. The van der Waals surface area contributed by atoms with Crippen LogP contribution in [-0.2, 0) is 25.7 Å². The Morgan fingerprint density at radius 1 is 0.885 bits per heavy atom. The van der Waals surface area contributed by atoms with Crippen LogP contribution in [0.5, 0.6) is 0 Å². The molecule has 1 aromatic carbocycles. The zero-order valence-corrected chi connectivity index (χ0v) is 16.5. The van der Waals surface area contributed by atoms with Gasteiger partial charge in [0.15, 0.2) is 0 Å². The van der Waals surface area contributed by atoms with Crippen molar-refractivity contribution in [2.45, 2.75) is 66.4 Å². The Bertz CT molecular complexity index is 598. The third kappa shape index (κ3) is 4.87. The lowest BCUT2D eigenvalue weighted by molar-refractivity contribution is -0.177. The highest BCUT2D eigenvalue weighted by molar-refractivity contribution is 5.87. The van der Waals surface area contributed by atoms with E-state index in [1.807, 2.05) is 30.3 Å². The van der Waals surface area contributed by atoms with Crippen LogP contribution in [0.25, 0.3) is 0 Å². The smallest absolute Gasteiger partial charge is 0.312 e. The number of hydrogen-bond acceptors (Lipinski definition) is 4. The van der Waals surface area contributed by atoms with Gasteiger partial charge in [-0.1, -0.05) is 49.6 Å². The molecule has 144 valence electrons. The van der Waals surface area contributed by atoms with E-state index in [1.165, 1.54) is 19.3 Å². The second kappa shape index (κ2) is 8.70. The van der Waals surface area contributed by atoms with Crippen LogP contribution >= 0.6 is 0 Å². The molecule has 2 rings (SSSR count). The van der Waals surface area contributed by atoms with Crippen molar-refractivity contribution in [1.82, 2.24) is 0 Å². The lowest BCUT2D eigenvalue weighted by atomic mass is 9.68. The maximum Gasteiger partial charge on any atom is 0.312 e. The average Bonchev–Trinajstić information content (AvgIpc) is 2.65. The van der Waals surface area contributed by atoms with E-state index in [-0.39, 0.29) is 18.5 Å². The maximum atomic E-state index is 12.7. The molecule has 0 aromatic heterocycles. The number of carbonyl (C=O) groups excluding carboxylic acids is 2. The summed E-state index contributed by atoms with van der Waals surface area (Å²) in [5, 5.41) is 0. The van der Waals surface area contributed by atoms with Gasteiger partial charge in [-0.2, -0.15) is 0 Å². The number of hydrogen-bond donors (Lipinski definition) is 0. The number of benzene rings is 1. The molecule has 1 fully saturated rings. The molecule has 0 atom stereocenters. The molecular formula is C22H32O4. The summed E-state index contributed by atoms with van der Waals surface area (Å²) in [6.07, 6.45) is 5.94. The number of ether oxygens (including phenoxy) is 2. The Balaban J connectivity index is 1.92. The largest absolute Gasteiger partial charge is 0.465 e. The van der Waals surface area contributed by atoms with Crippen LogP contribution in [0, 0.1) is 16.7 Å². The molecule has 0 amide bonds. The molecule has 0 radical (unpaired) electrons. The third-order valence-corrected chi connectivity index (χ3v) is 5.97. The lowest BCUT2D eigenvalue weighted by Gasteiger charge is -2.37. The van der Waals surface area contributed by atoms with Gasteiger partial charge in [0, 0.05) is 0 Å². The monoisotopic (exact) mass is 360 g/mol. The average molecular weight is 360 g/mol. The summed E-state index contributed by atoms with van der Waals surface area (Å²) < 4.78 is 11.1. The molecule has 1 saturated carbocycles. The van der Waals surface area contributed by atoms with Gasteiger partial charge >= 0.3 is 11.9 Å². The van der Waals surface area contributed by atoms with Crippen LogP contribution in [-0.4, -0.2) is 18.5 Å². The molecular weight excluding hydrogens is 328 g/mol. The number of carbonyl (C=O) groups is 2. The Kier molecular flexibility index (Phi) is 6.85. The summed E-state index contributed by atoms with van der Waals surface area (Å²) in [6.45, 7) is 7.69. The molecule has 0 bridgehead atoms. The van der Waals surface area contributed by atoms with Crippen molar-refractivity contribution in [1.29, 1.82) is 0 Å². The molecule has 4 heteroatoms. The van der Waals surface area contributed by atoms with Crippen LogP contribution in [0.15, 0.2) is 30.3 Å². The van der Waals surface area contributed by atoms with Crippen LogP contribution in [0.2, 0.25) is 0 Å². The minimum absolute atomic E-state index is 0.205. The van der Waals surface area contributed by atoms with E-state index < -0.39 is 10.8 Å². The van der Waals surface area contributed by atoms with Gasteiger partial charge in [0.2, 0.25) is 0 Å². The second-order valence-electron chi connectivity index (χ2n) is 8.41. The van der Waals surface area contributed by atoms with Gasteiger partial charge in [0.1, 0.15) is 6.61 Å². The Morgan fingerprint density at radius 2 is 1.42 bits per heavy atom. The van der Waals surface area contributed by atoms with E-state index in [0.717, 1.165) is 18.4 Å². The number of esters is 2. The molecule has 1 aliphatic rings. The molecule has 1 aliphatic carbocycles. The molecule has 0 N–H and O–H groups in total. The fourth-order valence-electron chi connectivity index (χ4n) is 3.14. The first-order valence-electron chi connectivity index (χ1n) is 9.63. The Morgan fingerprint density at radius 3 is 2.00 bits per heavy atom. The van der Waals surface area contributed by atoms with Crippen LogP contribution in [0.4, 0.5) is 0 Å². The predicted octanol–water partition coefficient (Wildman–Crippen LogP) is 4.91. The molecule has 0 unspecified atom stereocenters. The molecule has 0 spiro atoms. The normalized spacial score (nSPS) is 16.2. The molecule has 26 heavy (non-hydrogen) atoms. The van der Waals surface area contributed by atoms with Gasteiger partial charge in [0.05, 0.1) is 17.4 Å². The summed E-state index contributed by atoms with van der Waals surface area (Å²) in [5.41, 5.74) is -1.02. The van der Waals surface area contributed by atoms with E-state index in [4.69, 9.17) is 9.47 Å². The van der Waals surface area contributed by atoms with Gasteiger partial charge in [-0.05, 0) is 52.0 Å². The summed E-state index contributed by atoms with van der Waals surface area (Å²) in [7, 11) is 0. The van der Waals surface area contributed by atoms with Crippen LogP contribution < -0.4 is 0 Å². The van der Waals surface area contributed by atoms with Gasteiger partial charge in [-0.15, -0.1) is 0 Å². The van der Waals surface area contributed by atoms with Crippen LogP contribution in [0.1, 0.15) is 65.4 Å². The second-order valence-corrected chi connectivity index (χ2v) is 8.41. The molecule has 4 nitrogen and oxygen atoms in total. The van der Waals surface area contributed by atoms with Gasteiger partial charge in [-0.25, -0.2) is 0 Å². The van der Waals surface area contributed by atoms with Crippen LogP contribution in [0.3, 0.4) is 0 Å². The molecule has 0 aliphatic heterocycles. The zero-order chi connectivity index (χ0) is 19.2. The maximum absolute atomic E-state index is 12.7. The Hall–Kier alpha value is -1.84. The quantitative estimate of drug-likeness (QED) is 0.649. The minimum atomic E-state index is -0.981. The third-order valence-electron chi connectivity index (χ3n) is 5.97. The summed E-state index contributed by atoms with van der Waals surface area (Å²) in [4.78, 5) is 25.4. The van der Waals surface area contributed by atoms with Crippen molar-refractivity contribution in [3.63, 3.8) is 0 Å². The summed E-state index contributed by atoms with van der Waals surface area (Å²) >= 11 is 0. The fraction of sp³-hybridized carbons (Fsp3) is 0.636. The van der Waals surface area contributed by atoms with Gasteiger partial charge in [0.25, 0.3) is 0 Å². The van der Waals surface area contributed by atoms with Gasteiger partial charge in [-0.3, -0.25) is 9.59 Å². The van der Waals surface area contributed by atoms with E-state index in [0.29, 0.717) is 12.5 Å². The topological polar surface area (TPSA) is 52.6 Å². The minimum Gasteiger partial charge on any atom is -0.465 e. The summed E-state index contributed by atoms with van der Waals surface area (Å²) in [5.74, 6) is -0.262. The predicted molar refractivity (Wildman–Crippen MR) is 101 cm³/mol. The van der Waals surface area contributed by atoms with Crippen molar-refractivity contribution in [2.75, 3.05) is 6.61 Å². The van der Waals surface area contributed by atoms with Crippen molar-refractivity contribution in [3.05, 3.63) is 35.9 Å². The summed E-state index contributed by atoms with van der Waals surface area (Å²) in [6, 6.07) is 9.54. The SMILES string of the molecule is CC(C)(C(=O)OCc1ccccc1)C(C)(C)C(=O)OCC1CCCCC1. The molecule has 1 aromatic rings. The first-order valence-corrected chi connectivity index (χ1v) is 9.63. The Labute approximate surface area is 157 Å². The first kappa shape index (κ1) is 20.5. The van der Waals surface area contributed by atoms with E-state index >= 15 is 0 Å². The van der Waals surface area contributed by atoms with E-state index in [2.05, 4.69) is 0 Å². The van der Waals surface area contributed by atoms with Crippen molar-refractivity contribution >= 4 is 11.9 Å². The molecule has 0 heterocycles. The van der Waals surface area contributed by atoms with Crippen molar-refractivity contribution in [3.8, 4) is 0 Å². The standard InChI is InChI=1S/C22H32O4/c1-21(2,19(23)25-15-17-11-7-5-8-12-17)22(3,4)20(24)26-16-18-13-9-6-10-14-18/h5,7-8,11-12,18H,6,9-10,13-16H2,1-4H3. The lowest BCUT2D eigenvalue weighted by Crippen LogP contribution is -2.47. The van der Waals surface area contributed by atoms with Crippen molar-refractivity contribution < 1.29 is 19.1 Å². The highest BCUT2D eigenvalue weighted by Crippen LogP contribution is 2.41. The highest BCUT2D eigenvalue weighted by atomic mass is 16.5. The highest BCUT2D eigenvalue weighted by Gasteiger charge is 2.50. The molecule has 0 saturated heterocycles. The van der Waals surface area contributed by atoms with E-state index in [1.54, 1.807) is 27.7 Å². The fourth-order valence-corrected chi connectivity index (χ4v) is 3.14. The van der Waals surface area contributed by atoms with Gasteiger partial charge < -0.3 is 9.47 Å².